The molecule has 15 nitrogen and oxygen atoms in total. The third-order valence-electron chi connectivity index (χ3n) is 4.31. The number of aromatic nitrogens is 9. The topological polar surface area (TPSA) is 182 Å². The molecular weight excluding hydrogens is 462 g/mol. The molecule has 4 aromatic rings. The third-order valence-corrected chi connectivity index (χ3v) is 5.24. The number of thioether (sulfide) groups is 1. The van der Waals surface area contributed by atoms with E-state index < -0.39 is 11.8 Å². The minimum atomic E-state index is -0.465. The highest BCUT2D eigenvalue weighted by Crippen LogP contribution is 2.20. The highest BCUT2D eigenvalue weighted by molar-refractivity contribution is 7.99. The zero-order valence-electron chi connectivity index (χ0n) is 18.3. The Bertz CT molecular complexity index is 1270. The first-order chi connectivity index (χ1) is 16.6. The van der Waals surface area contributed by atoms with Gasteiger partial charge in [0.2, 0.25) is 17.8 Å². The van der Waals surface area contributed by atoms with Gasteiger partial charge in [-0.05, 0) is 48.5 Å². The van der Waals surface area contributed by atoms with Gasteiger partial charge in [-0.3, -0.25) is 20.4 Å². The van der Waals surface area contributed by atoms with Gasteiger partial charge in [0.15, 0.2) is 5.16 Å². The second-order valence-corrected chi connectivity index (χ2v) is 7.58. The number of tetrazole rings is 1. The van der Waals surface area contributed by atoms with E-state index in [1.54, 1.807) is 28.7 Å². The van der Waals surface area contributed by atoms with E-state index in [9.17, 15) is 9.59 Å². The van der Waals surface area contributed by atoms with E-state index in [2.05, 4.69) is 57.2 Å². The fraction of sp³-hybridized carbons (Fsp3) is 0.278. The van der Waals surface area contributed by atoms with Crippen molar-refractivity contribution in [1.82, 2.24) is 55.6 Å². The smallest absolute Gasteiger partial charge is 0.269 e. The summed E-state index contributed by atoms with van der Waals surface area (Å²) in [6.07, 6.45) is 1.44. The maximum atomic E-state index is 12.3. The first-order valence-corrected chi connectivity index (χ1v) is 11.2. The van der Waals surface area contributed by atoms with Gasteiger partial charge in [-0.1, -0.05) is 11.8 Å². The predicted octanol–water partition coefficient (Wildman–Crippen LogP) is -0.0881. The monoisotopic (exact) mass is 483 g/mol. The van der Waals surface area contributed by atoms with E-state index in [-0.39, 0.29) is 5.75 Å². The molecule has 0 fully saturated rings. The summed E-state index contributed by atoms with van der Waals surface area (Å²) in [5.41, 5.74) is 5.83. The number of anilines is 2. The summed E-state index contributed by atoms with van der Waals surface area (Å²) < 4.78 is 3.09. The summed E-state index contributed by atoms with van der Waals surface area (Å²) in [6.45, 7) is 5.16. The molecule has 0 saturated carbocycles. The first-order valence-electron chi connectivity index (χ1n) is 10.2. The maximum Gasteiger partial charge on any atom is 0.269 e. The lowest BCUT2D eigenvalue weighted by molar-refractivity contribution is -0.119. The number of hydrogen-bond donors (Lipinski definition) is 4. The SMILES string of the molecule is CCNc1nc(NCC)n2c(SCC(=O)NNC(=O)c3ccc(-n4cnnn4)cc3)nnc2n1. The van der Waals surface area contributed by atoms with Crippen molar-refractivity contribution in [3.63, 3.8) is 0 Å². The molecular formula is C18H21N13O2S. The number of hydrazine groups is 1. The van der Waals surface area contributed by atoms with Gasteiger partial charge in [-0.25, -0.2) is 9.08 Å². The predicted molar refractivity (Wildman–Crippen MR) is 122 cm³/mol. The van der Waals surface area contributed by atoms with Crippen LogP contribution in [0.1, 0.15) is 24.2 Å². The molecule has 0 bridgehead atoms. The van der Waals surface area contributed by atoms with E-state index in [4.69, 9.17) is 0 Å². The van der Waals surface area contributed by atoms with Gasteiger partial charge < -0.3 is 10.6 Å². The second-order valence-electron chi connectivity index (χ2n) is 6.64. The zero-order valence-corrected chi connectivity index (χ0v) is 19.1. The van der Waals surface area contributed by atoms with Gasteiger partial charge in [0.1, 0.15) is 6.33 Å². The molecule has 0 spiro atoms. The van der Waals surface area contributed by atoms with Crippen LogP contribution in [0.15, 0.2) is 35.7 Å². The Morgan fingerprint density at radius 3 is 2.50 bits per heavy atom. The van der Waals surface area contributed by atoms with Crippen molar-refractivity contribution in [3.8, 4) is 5.69 Å². The Labute approximate surface area is 197 Å². The number of carbonyl (C=O) groups is 2. The third kappa shape index (κ3) is 5.17. The Hall–Kier alpha value is -4.34. The quantitative estimate of drug-likeness (QED) is 0.184. The summed E-state index contributed by atoms with van der Waals surface area (Å²) in [4.78, 5) is 33.3. The number of amides is 2. The normalized spacial score (nSPS) is 10.8. The molecule has 0 aliphatic heterocycles. The molecule has 1 aromatic carbocycles. The van der Waals surface area contributed by atoms with Crippen LogP contribution in [-0.4, -0.2) is 75.4 Å². The van der Waals surface area contributed by atoms with E-state index in [0.29, 0.717) is 47.2 Å². The van der Waals surface area contributed by atoms with Gasteiger partial charge >= 0.3 is 0 Å². The van der Waals surface area contributed by atoms with Crippen LogP contribution in [-0.2, 0) is 4.79 Å². The summed E-state index contributed by atoms with van der Waals surface area (Å²) in [6, 6.07) is 6.56. The number of nitrogens with zero attached hydrogens (tertiary/aromatic N) is 9. The van der Waals surface area contributed by atoms with Crippen LogP contribution in [0.25, 0.3) is 11.5 Å². The summed E-state index contributed by atoms with van der Waals surface area (Å²) in [5, 5.41) is 25.7. The molecule has 4 rings (SSSR count). The standard InChI is InChI=1S/C18H21N13O2S/c1-3-19-15-22-16(20-4-2)31-17(23-15)26-27-18(31)34-9-13(32)24-25-14(33)11-5-7-12(8-6-11)30-10-21-28-29-30/h5-8,10H,3-4,9H2,1-2H3,(H,24,32)(H,25,33)(H2,19,20,22,23,26). The molecule has 34 heavy (non-hydrogen) atoms. The van der Waals surface area contributed by atoms with Crippen LogP contribution in [0.4, 0.5) is 11.9 Å². The van der Waals surface area contributed by atoms with Crippen molar-refractivity contribution in [1.29, 1.82) is 0 Å². The first kappa shape index (κ1) is 22.8. The molecule has 16 heteroatoms. The molecule has 0 saturated heterocycles. The summed E-state index contributed by atoms with van der Waals surface area (Å²) in [5.74, 6) is 0.392. The van der Waals surface area contributed by atoms with Crippen molar-refractivity contribution in [2.24, 2.45) is 0 Å². The number of nitrogens with one attached hydrogen (secondary N) is 4. The van der Waals surface area contributed by atoms with Crippen molar-refractivity contribution in [3.05, 3.63) is 36.2 Å². The van der Waals surface area contributed by atoms with Crippen molar-refractivity contribution < 1.29 is 9.59 Å². The largest absolute Gasteiger partial charge is 0.355 e. The number of rotatable bonds is 9. The minimum absolute atomic E-state index is 0.0141. The van der Waals surface area contributed by atoms with Gasteiger partial charge in [-0.2, -0.15) is 9.97 Å². The van der Waals surface area contributed by atoms with Crippen LogP contribution in [0, 0.1) is 0 Å². The number of hydrogen-bond acceptors (Lipinski definition) is 12. The van der Waals surface area contributed by atoms with E-state index in [0.717, 1.165) is 11.8 Å². The number of fused-ring (bicyclic) bond motifs is 1. The molecule has 3 aromatic heterocycles. The van der Waals surface area contributed by atoms with Crippen molar-refractivity contribution in [2.45, 2.75) is 19.0 Å². The van der Waals surface area contributed by atoms with E-state index in [1.807, 2.05) is 13.8 Å². The molecule has 176 valence electrons. The Kier molecular flexibility index (Phi) is 7.07. The van der Waals surface area contributed by atoms with E-state index >= 15 is 0 Å². The van der Waals surface area contributed by atoms with E-state index in [1.165, 1.54) is 11.0 Å². The Morgan fingerprint density at radius 2 is 1.79 bits per heavy atom. The van der Waals surface area contributed by atoms with Crippen molar-refractivity contribution in [2.75, 3.05) is 29.5 Å². The Morgan fingerprint density at radius 1 is 1.00 bits per heavy atom. The van der Waals surface area contributed by atoms with Crippen LogP contribution in [0.5, 0.6) is 0 Å². The highest BCUT2D eigenvalue weighted by atomic mass is 32.2. The molecule has 0 aliphatic carbocycles. The van der Waals surface area contributed by atoms with Crippen LogP contribution < -0.4 is 21.5 Å². The Balaban J connectivity index is 1.34. The minimum Gasteiger partial charge on any atom is -0.355 e. The van der Waals surface area contributed by atoms with Crippen molar-refractivity contribution >= 4 is 41.3 Å². The average molecular weight is 484 g/mol. The molecule has 4 N–H and O–H groups in total. The van der Waals surface area contributed by atoms with Gasteiger partial charge in [0.25, 0.3) is 11.7 Å². The lowest BCUT2D eigenvalue weighted by Gasteiger charge is -2.10. The van der Waals surface area contributed by atoms with Gasteiger partial charge in [0, 0.05) is 18.7 Å². The highest BCUT2D eigenvalue weighted by Gasteiger charge is 2.16. The fourth-order valence-electron chi connectivity index (χ4n) is 2.81. The fourth-order valence-corrected chi connectivity index (χ4v) is 3.54. The molecule has 0 radical (unpaired) electrons. The lowest BCUT2D eigenvalue weighted by Crippen LogP contribution is -2.42. The van der Waals surface area contributed by atoms with Gasteiger partial charge in [0.05, 0.1) is 11.4 Å². The van der Waals surface area contributed by atoms with Crippen LogP contribution in [0.2, 0.25) is 0 Å². The molecule has 3 heterocycles. The number of carbonyl (C=O) groups excluding carboxylic acids is 2. The van der Waals surface area contributed by atoms with Crippen LogP contribution in [0.3, 0.4) is 0 Å². The second kappa shape index (κ2) is 10.5. The molecule has 0 aliphatic rings. The average Bonchev–Trinajstić information content (AvgIpc) is 3.52. The maximum absolute atomic E-state index is 12.3. The molecule has 0 unspecified atom stereocenters. The summed E-state index contributed by atoms with van der Waals surface area (Å²) in [7, 11) is 0. The lowest BCUT2D eigenvalue weighted by atomic mass is 10.2. The molecule has 0 atom stereocenters. The zero-order chi connectivity index (χ0) is 23.9. The number of benzene rings is 1. The molecule has 2 amide bonds. The summed E-state index contributed by atoms with van der Waals surface area (Å²) >= 11 is 1.14. The van der Waals surface area contributed by atoms with Crippen LogP contribution >= 0.6 is 11.8 Å². The van der Waals surface area contributed by atoms with Gasteiger partial charge in [-0.15, -0.1) is 15.3 Å².